The topological polar surface area (TPSA) is 79.3 Å². The van der Waals surface area contributed by atoms with Gasteiger partial charge in [0.15, 0.2) is 0 Å². The summed E-state index contributed by atoms with van der Waals surface area (Å²) in [5, 5.41) is 11.2. The average Bonchev–Trinajstić information content (AvgIpc) is 3.21. The second-order valence-corrected chi connectivity index (χ2v) is 12.1. The lowest BCUT2D eigenvalue weighted by Crippen LogP contribution is -2.62. The largest absolute Gasteiger partial charge is 0.333 e. The number of carbonyl (C=O) groups excluding carboxylic acids is 2. The van der Waals surface area contributed by atoms with Crippen molar-refractivity contribution in [2.24, 2.45) is 17.8 Å². The third-order valence-electron chi connectivity index (χ3n) is 8.16. The summed E-state index contributed by atoms with van der Waals surface area (Å²) in [6, 6.07) is 11.6. The molecule has 4 aliphatic rings. The monoisotopic (exact) mass is 477 g/mol. The molecule has 0 aliphatic heterocycles. The fourth-order valence-corrected chi connectivity index (χ4v) is 6.86. The van der Waals surface area contributed by atoms with Crippen molar-refractivity contribution >= 4 is 17.8 Å². The second-order valence-electron chi connectivity index (χ2n) is 12.1. The van der Waals surface area contributed by atoms with E-state index >= 15 is 0 Å². The normalized spacial score (nSPS) is 27.0. The van der Waals surface area contributed by atoms with Gasteiger partial charge in [-0.05, 0) is 75.3 Å². The average molecular weight is 478 g/mol. The van der Waals surface area contributed by atoms with Gasteiger partial charge >= 0.3 is 6.03 Å². The highest BCUT2D eigenvalue weighted by molar-refractivity contribution is 5.94. The molecule has 188 valence electrons. The Labute approximate surface area is 208 Å². The first-order valence-electron chi connectivity index (χ1n) is 13.2. The number of anilines is 1. The molecule has 4 bridgehead atoms. The molecule has 0 radical (unpaired) electrons. The Balaban J connectivity index is 1.28. The number of amides is 3. The van der Waals surface area contributed by atoms with E-state index in [1.807, 2.05) is 43.3 Å². The number of carbonyl (C=O) groups is 2. The van der Waals surface area contributed by atoms with Crippen LogP contribution in [0.25, 0.3) is 5.69 Å². The second kappa shape index (κ2) is 8.99. The van der Waals surface area contributed by atoms with E-state index in [-0.39, 0.29) is 29.4 Å². The van der Waals surface area contributed by atoms with Gasteiger partial charge < -0.3 is 15.5 Å². The van der Waals surface area contributed by atoms with Crippen LogP contribution in [0.3, 0.4) is 0 Å². The molecule has 0 atom stereocenters. The lowest BCUT2D eigenvalue weighted by atomic mass is 9.53. The molecular weight excluding hydrogens is 438 g/mol. The van der Waals surface area contributed by atoms with Crippen molar-refractivity contribution in [3.63, 3.8) is 0 Å². The maximum Gasteiger partial charge on any atom is 0.318 e. The number of hydrogen-bond acceptors (Lipinski definition) is 3. The zero-order valence-electron chi connectivity index (χ0n) is 21.5. The number of hydrogen-bond donors (Lipinski definition) is 2. The molecule has 4 fully saturated rings. The van der Waals surface area contributed by atoms with Crippen LogP contribution < -0.4 is 10.6 Å². The SMILES string of the molecule is CCN(CC(=O)Nc1cc(C(C)(C)C)nn1-c1ccccc1)C(=O)NC12CC3CC(CC(C3)C1)C2. The Kier molecular flexibility index (Phi) is 6.14. The zero-order valence-corrected chi connectivity index (χ0v) is 21.5. The van der Waals surface area contributed by atoms with Crippen LogP contribution in [0, 0.1) is 17.8 Å². The van der Waals surface area contributed by atoms with Gasteiger partial charge in [-0.15, -0.1) is 0 Å². The number of benzene rings is 1. The fraction of sp³-hybridized carbons (Fsp3) is 0.607. The van der Waals surface area contributed by atoms with Crippen molar-refractivity contribution < 1.29 is 9.59 Å². The third kappa shape index (κ3) is 4.95. The minimum absolute atomic E-state index is 0.0134. The van der Waals surface area contributed by atoms with Crippen molar-refractivity contribution in [1.82, 2.24) is 20.0 Å². The van der Waals surface area contributed by atoms with E-state index in [4.69, 9.17) is 5.10 Å². The molecule has 0 saturated heterocycles. The molecule has 1 aromatic carbocycles. The Bertz CT molecular complexity index is 1050. The van der Waals surface area contributed by atoms with Gasteiger partial charge in [-0.2, -0.15) is 5.10 Å². The summed E-state index contributed by atoms with van der Waals surface area (Å²) in [7, 11) is 0. The van der Waals surface area contributed by atoms with Gasteiger partial charge in [0, 0.05) is 23.6 Å². The number of aromatic nitrogens is 2. The van der Waals surface area contributed by atoms with Gasteiger partial charge in [0.1, 0.15) is 12.4 Å². The van der Waals surface area contributed by atoms with Crippen LogP contribution in [0.2, 0.25) is 0 Å². The van der Waals surface area contributed by atoms with Crippen molar-refractivity contribution in [3.8, 4) is 5.69 Å². The molecule has 6 rings (SSSR count). The molecule has 0 spiro atoms. The van der Waals surface area contributed by atoms with Gasteiger partial charge in [-0.1, -0.05) is 39.0 Å². The van der Waals surface area contributed by atoms with Crippen LogP contribution in [-0.2, 0) is 10.2 Å². The van der Waals surface area contributed by atoms with E-state index in [2.05, 4.69) is 31.4 Å². The molecular formula is C28H39N5O2. The quantitative estimate of drug-likeness (QED) is 0.607. The summed E-state index contributed by atoms with van der Waals surface area (Å²) in [4.78, 5) is 28.0. The molecule has 4 aliphatic carbocycles. The van der Waals surface area contributed by atoms with E-state index in [0.717, 1.165) is 48.4 Å². The number of rotatable bonds is 6. The lowest BCUT2D eigenvalue weighted by molar-refractivity contribution is -0.116. The summed E-state index contributed by atoms with van der Waals surface area (Å²) in [5.41, 5.74) is 1.55. The number of para-hydroxylation sites is 1. The number of urea groups is 1. The number of nitrogens with one attached hydrogen (secondary N) is 2. The van der Waals surface area contributed by atoms with Gasteiger partial charge in [-0.3, -0.25) is 4.79 Å². The number of likely N-dealkylation sites (N-methyl/N-ethyl adjacent to an activating group) is 1. The number of nitrogens with zero attached hydrogens (tertiary/aromatic N) is 3. The molecule has 7 nitrogen and oxygen atoms in total. The highest BCUT2D eigenvalue weighted by Crippen LogP contribution is 2.55. The predicted octanol–water partition coefficient (Wildman–Crippen LogP) is 5.11. The van der Waals surface area contributed by atoms with Crippen molar-refractivity contribution in [2.75, 3.05) is 18.4 Å². The summed E-state index contributed by atoms with van der Waals surface area (Å²) < 4.78 is 1.77. The minimum Gasteiger partial charge on any atom is -0.333 e. The summed E-state index contributed by atoms with van der Waals surface area (Å²) in [6.07, 6.45) is 7.29. The molecule has 35 heavy (non-hydrogen) atoms. The van der Waals surface area contributed by atoms with Crippen LogP contribution in [0.5, 0.6) is 0 Å². The first-order chi connectivity index (χ1) is 16.6. The molecule has 1 heterocycles. The summed E-state index contributed by atoms with van der Waals surface area (Å²) >= 11 is 0. The Morgan fingerprint density at radius 3 is 2.20 bits per heavy atom. The van der Waals surface area contributed by atoms with E-state index in [0.29, 0.717) is 12.4 Å². The van der Waals surface area contributed by atoms with Gasteiger partial charge in [0.05, 0.1) is 11.4 Å². The molecule has 3 amide bonds. The van der Waals surface area contributed by atoms with Gasteiger partial charge in [-0.25, -0.2) is 9.48 Å². The summed E-state index contributed by atoms with van der Waals surface area (Å²) in [6.45, 7) is 8.73. The molecule has 1 aromatic heterocycles. The predicted molar refractivity (Wildman–Crippen MR) is 138 cm³/mol. The van der Waals surface area contributed by atoms with E-state index in [1.165, 1.54) is 19.3 Å². The maximum atomic E-state index is 13.3. The highest BCUT2D eigenvalue weighted by Gasteiger charge is 2.51. The minimum atomic E-state index is -0.218. The van der Waals surface area contributed by atoms with E-state index < -0.39 is 0 Å². The first kappa shape index (κ1) is 23.9. The van der Waals surface area contributed by atoms with Crippen molar-refractivity contribution in [2.45, 2.75) is 77.2 Å². The fourth-order valence-electron chi connectivity index (χ4n) is 6.86. The molecule has 4 saturated carbocycles. The van der Waals surface area contributed by atoms with E-state index in [9.17, 15) is 9.59 Å². The standard InChI is InChI=1S/C28H39N5O2/c1-5-32(26(35)30-28-15-19-11-20(16-28)13-21(12-19)17-28)18-25(34)29-24-14-23(27(2,3)4)31-33(24)22-9-7-6-8-10-22/h6-10,14,19-21H,5,11-13,15-18H2,1-4H3,(H,29,34)(H,30,35). The Morgan fingerprint density at radius 1 is 1.06 bits per heavy atom. The van der Waals surface area contributed by atoms with Crippen LogP contribution in [0.15, 0.2) is 36.4 Å². The molecule has 2 aromatic rings. The van der Waals surface area contributed by atoms with E-state index in [1.54, 1.807) is 9.58 Å². The first-order valence-corrected chi connectivity index (χ1v) is 13.2. The zero-order chi connectivity index (χ0) is 24.8. The van der Waals surface area contributed by atoms with Gasteiger partial charge in [0.2, 0.25) is 5.91 Å². The van der Waals surface area contributed by atoms with Crippen LogP contribution in [0.1, 0.15) is 71.9 Å². The molecule has 7 heteroatoms. The van der Waals surface area contributed by atoms with Crippen LogP contribution in [-0.4, -0.2) is 45.2 Å². The maximum absolute atomic E-state index is 13.3. The van der Waals surface area contributed by atoms with Gasteiger partial charge in [0.25, 0.3) is 0 Å². The Morgan fingerprint density at radius 2 is 1.66 bits per heavy atom. The third-order valence-corrected chi connectivity index (χ3v) is 8.16. The highest BCUT2D eigenvalue weighted by atomic mass is 16.2. The Hall–Kier alpha value is -2.83. The molecule has 2 N–H and O–H groups in total. The summed E-state index contributed by atoms with van der Waals surface area (Å²) in [5.74, 6) is 2.68. The van der Waals surface area contributed by atoms with Crippen LogP contribution >= 0.6 is 0 Å². The lowest BCUT2D eigenvalue weighted by Gasteiger charge is -2.57. The van der Waals surface area contributed by atoms with Crippen molar-refractivity contribution in [1.29, 1.82) is 0 Å². The molecule has 0 unspecified atom stereocenters. The van der Waals surface area contributed by atoms with Crippen LogP contribution in [0.4, 0.5) is 10.6 Å². The smallest absolute Gasteiger partial charge is 0.318 e. The van der Waals surface area contributed by atoms with Crippen molar-refractivity contribution in [3.05, 3.63) is 42.1 Å².